The van der Waals surface area contributed by atoms with Crippen LogP contribution in [0, 0.1) is 16.7 Å². The molecule has 0 amide bonds. The highest BCUT2D eigenvalue weighted by Crippen LogP contribution is 2.30. The van der Waals surface area contributed by atoms with Gasteiger partial charge in [-0.25, -0.2) is 4.98 Å². The molecule has 1 aliphatic rings. The largest absolute Gasteiger partial charge is 0.450 e. The zero-order chi connectivity index (χ0) is 15.2. The SMILES string of the molecule is CNc1c(N)ncc(O/C(C=N)=C2\C=NC=CN2)c1C#N. The first-order valence-corrected chi connectivity index (χ1v) is 5.95. The van der Waals surface area contributed by atoms with Gasteiger partial charge in [0.05, 0.1) is 24.3 Å². The lowest BCUT2D eigenvalue weighted by Gasteiger charge is -2.14. The summed E-state index contributed by atoms with van der Waals surface area (Å²) in [5.74, 6) is 0.603. The number of pyridine rings is 1. The highest BCUT2D eigenvalue weighted by atomic mass is 16.5. The van der Waals surface area contributed by atoms with Gasteiger partial charge in [0, 0.05) is 19.4 Å². The molecule has 1 aromatic rings. The van der Waals surface area contributed by atoms with Gasteiger partial charge in [0.15, 0.2) is 11.5 Å². The van der Waals surface area contributed by atoms with E-state index >= 15 is 0 Å². The predicted molar refractivity (Wildman–Crippen MR) is 80.1 cm³/mol. The molecule has 2 rings (SSSR count). The van der Waals surface area contributed by atoms with Crippen LogP contribution in [-0.2, 0) is 0 Å². The molecular weight excluding hydrogens is 270 g/mol. The summed E-state index contributed by atoms with van der Waals surface area (Å²) >= 11 is 0. The van der Waals surface area contributed by atoms with Crippen LogP contribution in [0.2, 0.25) is 0 Å². The first-order chi connectivity index (χ1) is 10.2. The maximum Gasteiger partial charge on any atom is 0.170 e. The van der Waals surface area contributed by atoms with Crippen molar-refractivity contribution in [1.29, 1.82) is 10.7 Å². The number of anilines is 2. The second-order valence-electron chi connectivity index (χ2n) is 3.88. The van der Waals surface area contributed by atoms with E-state index in [0.29, 0.717) is 11.4 Å². The van der Waals surface area contributed by atoms with Crippen LogP contribution in [0.1, 0.15) is 5.56 Å². The third-order valence-corrected chi connectivity index (χ3v) is 2.65. The number of nitriles is 1. The van der Waals surface area contributed by atoms with Crippen LogP contribution in [0.5, 0.6) is 5.75 Å². The van der Waals surface area contributed by atoms with Crippen LogP contribution in [-0.4, -0.2) is 24.5 Å². The molecule has 8 heteroatoms. The van der Waals surface area contributed by atoms with Gasteiger partial charge >= 0.3 is 0 Å². The Kier molecular flexibility index (Phi) is 4.16. The average molecular weight is 283 g/mol. The van der Waals surface area contributed by atoms with E-state index in [-0.39, 0.29) is 22.9 Å². The summed E-state index contributed by atoms with van der Waals surface area (Å²) in [6.45, 7) is 0. The molecule has 0 radical (unpaired) electrons. The molecule has 0 unspecified atom stereocenters. The summed E-state index contributed by atoms with van der Waals surface area (Å²) in [6, 6.07) is 2.02. The number of nitrogens with two attached hydrogens (primary N) is 1. The van der Waals surface area contributed by atoms with E-state index in [1.807, 2.05) is 6.07 Å². The number of nitrogen functional groups attached to an aromatic ring is 1. The topological polar surface area (TPSA) is 132 Å². The minimum Gasteiger partial charge on any atom is -0.450 e. The summed E-state index contributed by atoms with van der Waals surface area (Å²) in [7, 11) is 1.63. The molecule has 0 bridgehead atoms. The summed E-state index contributed by atoms with van der Waals surface area (Å²) < 4.78 is 5.59. The Morgan fingerprint density at radius 3 is 3.00 bits per heavy atom. The highest BCUT2D eigenvalue weighted by molar-refractivity contribution is 5.89. The molecule has 2 heterocycles. The first-order valence-electron chi connectivity index (χ1n) is 5.95. The van der Waals surface area contributed by atoms with E-state index < -0.39 is 0 Å². The standard InChI is InChI=1S/C13H13N7O/c1-17-12-8(4-14)11(7-20-13(12)16)21-10(5-15)9-6-18-2-3-19-9/h2-3,5-7,15,17,19H,1H3,(H2,16,20)/b10-9+,15-5?. The quantitative estimate of drug-likeness (QED) is 0.480. The number of allylic oxidation sites excluding steroid dienone is 2. The number of nitrogens with zero attached hydrogens (tertiary/aromatic N) is 3. The number of ether oxygens (including phenoxy) is 1. The second-order valence-corrected chi connectivity index (χ2v) is 3.88. The van der Waals surface area contributed by atoms with E-state index in [9.17, 15) is 5.26 Å². The van der Waals surface area contributed by atoms with Gasteiger partial charge < -0.3 is 26.5 Å². The molecule has 0 aliphatic carbocycles. The van der Waals surface area contributed by atoms with Crippen molar-refractivity contribution in [3.8, 4) is 11.8 Å². The van der Waals surface area contributed by atoms with Gasteiger partial charge in [-0.3, -0.25) is 4.99 Å². The lowest BCUT2D eigenvalue weighted by molar-refractivity contribution is 0.447. The first kappa shape index (κ1) is 14.1. The molecule has 0 saturated heterocycles. The predicted octanol–water partition coefficient (Wildman–Crippen LogP) is 0.962. The molecule has 8 nitrogen and oxygen atoms in total. The van der Waals surface area contributed by atoms with E-state index in [1.54, 1.807) is 19.4 Å². The molecule has 0 fully saturated rings. The zero-order valence-corrected chi connectivity index (χ0v) is 11.2. The van der Waals surface area contributed by atoms with Crippen LogP contribution in [0.25, 0.3) is 0 Å². The van der Waals surface area contributed by atoms with Crippen molar-refractivity contribution in [1.82, 2.24) is 10.3 Å². The van der Waals surface area contributed by atoms with Crippen LogP contribution < -0.4 is 21.1 Å². The van der Waals surface area contributed by atoms with Crippen molar-refractivity contribution >= 4 is 23.9 Å². The van der Waals surface area contributed by atoms with Crippen molar-refractivity contribution in [2.45, 2.75) is 0 Å². The van der Waals surface area contributed by atoms with Crippen molar-refractivity contribution in [3.05, 3.63) is 35.6 Å². The van der Waals surface area contributed by atoms with Crippen LogP contribution in [0.4, 0.5) is 11.5 Å². The fraction of sp³-hybridized carbons (Fsp3) is 0.0769. The summed E-state index contributed by atoms with van der Waals surface area (Å²) in [5, 5.41) is 22.4. The van der Waals surface area contributed by atoms with Gasteiger partial charge in [-0.1, -0.05) is 0 Å². The molecule has 1 aliphatic heterocycles. The minimum absolute atomic E-state index is 0.200. The van der Waals surface area contributed by atoms with E-state index in [0.717, 1.165) is 6.21 Å². The van der Waals surface area contributed by atoms with Gasteiger partial charge in [-0.15, -0.1) is 0 Å². The van der Waals surface area contributed by atoms with Gasteiger partial charge in [0.25, 0.3) is 0 Å². The lowest BCUT2D eigenvalue weighted by Crippen LogP contribution is -2.16. The fourth-order valence-electron chi connectivity index (χ4n) is 1.69. The molecule has 0 spiro atoms. The van der Waals surface area contributed by atoms with Crippen LogP contribution in [0.3, 0.4) is 0 Å². The van der Waals surface area contributed by atoms with E-state index in [1.165, 1.54) is 12.4 Å². The maximum atomic E-state index is 9.27. The molecular formula is C13H13N7O. The summed E-state index contributed by atoms with van der Waals surface area (Å²) in [6.07, 6.45) is 7.04. The Bertz CT molecular complexity index is 697. The number of hydrogen-bond acceptors (Lipinski definition) is 8. The molecule has 1 aromatic heterocycles. The van der Waals surface area contributed by atoms with Crippen molar-refractivity contribution < 1.29 is 4.74 Å². The third kappa shape index (κ3) is 2.82. The van der Waals surface area contributed by atoms with Crippen LogP contribution in [0.15, 0.2) is 35.0 Å². The van der Waals surface area contributed by atoms with Crippen LogP contribution >= 0.6 is 0 Å². The summed E-state index contributed by atoms with van der Waals surface area (Å²) in [5.41, 5.74) is 6.80. The van der Waals surface area contributed by atoms with Crippen molar-refractivity contribution in [2.24, 2.45) is 4.99 Å². The molecule has 21 heavy (non-hydrogen) atoms. The van der Waals surface area contributed by atoms with Gasteiger partial charge in [0.1, 0.15) is 23.1 Å². The molecule has 0 atom stereocenters. The minimum atomic E-state index is 0.200. The second kappa shape index (κ2) is 6.21. The zero-order valence-electron chi connectivity index (χ0n) is 11.2. The Balaban J connectivity index is 2.44. The number of aliphatic imine (C=N–C) groups is 1. The fourth-order valence-corrected chi connectivity index (χ4v) is 1.69. The number of rotatable bonds is 4. The molecule has 0 aromatic carbocycles. The number of hydrogen-bond donors (Lipinski definition) is 4. The molecule has 0 saturated carbocycles. The average Bonchev–Trinajstić information content (AvgIpc) is 2.54. The van der Waals surface area contributed by atoms with Gasteiger partial charge in [0.2, 0.25) is 0 Å². The Hall–Kier alpha value is -3.34. The number of nitrogens with one attached hydrogen (secondary N) is 3. The van der Waals surface area contributed by atoms with Gasteiger partial charge in [-0.05, 0) is 0 Å². The van der Waals surface area contributed by atoms with Gasteiger partial charge in [-0.2, -0.15) is 5.26 Å². The van der Waals surface area contributed by atoms with E-state index in [2.05, 4.69) is 20.6 Å². The number of aromatic nitrogens is 1. The monoisotopic (exact) mass is 283 g/mol. The Labute approximate surface area is 121 Å². The van der Waals surface area contributed by atoms with Crippen molar-refractivity contribution in [3.63, 3.8) is 0 Å². The molecule has 5 N–H and O–H groups in total. The molecule has 106 valence electrons. The maximum absolute atomic E-state index is 9.27. The lowest BCUT2D eigenvalue weighted by atomic mass is 10.2. The third-order valence-electron chi connectivity index (χ3n) is 2.65. The Morgan fingerprint density at radius 2 is 2.43 bits per heavy atom. The van der Waals surface area contributed by atoms with E-state index in [4.69, 9.17) is 15.9 Å². The van der Waals surface area contributed by atoms with Crippen molar-refractivity contribution in [2.75, 3.05) is 18.1 Å². The smallest absolute Gasteiger partial charge is 0.170 e. The Morgan fingerprint density at radius 1 is 1.62 bits per heavy atom. The normalized spacial score (nSPS) is 14.9. The highest BCUT2D eigenvalue weighted by Gasteiger charge is 2.15. The summed E-state index contributed by atoms with van der Waals surface area (Å²) in [4.78, 5) is 7.90.